The van der Waals surface area contributed by atoms with Gasteiger partial charge in [-0.15, -0.1) is 0 Å². The van der Waals surface area contributed by atoms with E-state index in [1.165, 1.54) is 0 Å². The minimum Gasteiger partial charge on any atom is -0.338 e. The quantitative estimate of drug-likeness (QED) is 0.694. The van der Waals surface area contributed by atoms with E-state index in [-0.39, 0.29) is 5.41 Å². The molecule has 1 aromatic rings. The Labute approximate surface area is 80.5 Å². The van der Waals surface area contributed by atoms with Crippen LogP contribution in [0.2, 0.25) is 0 Å². The zero-order valence-electron chi connectivity index (χ0n) is 8.58. The lowest BCUT2D eigenvalue weighted by molar-refractivity contribution is -0.144. The van der Waals surface area contributed by atoms with E-state index in [9.17, 15) is 13.2 Å². The average Bonchev–Trinajstić information content (AvgIpc) is 2.27. The summed E-state index contributed by atoms with van der Waals surface area (Å²) in [6.07, 6.45) is -4.39. The van der Waals surface area contributed by atoms with Crippen LogP contribution in [0.1, 0.15) is 38.0 Å². The van der Waals surface area contributed by atoms with Crippen LogP contribution in [0.3, 0.4) is 0 Å². The number of rotatable bonds is 0. The molecule has 14 heavy (non-hydrogen) atoms. The van der Waals surface area contributed by atoms with Gasteiger partial charge >= 0.3 is 6.18 Å². The van der Waals surface area contributed by atoms with Gasteiger partial charge < -0.3 is 4.98 Å². The Hall–Kier alpha value is -1.00. The first-order chi connectivity index (χ1) is 6.12. The number of aromatic amines is 1. The first-order valence-corrected chi connectivity index (χ1v) is 4.26. The maximum Gasteiger partial charge on any atom is 0.449 e. The SMILES string of the molecule is Cc1[nH]c(C(F)(F)F)nc1C(C)(C)C. The van der Waals surface area contributed by atoms with Gasteiger partial charge in [0.1, 0.15) is 0 Å². The van der Waals surface area contributed by atoms with Crippen LogP contribution in [0.5, 0.6) is 0 Å². The van der Waals surface area contributed by atoms with Crippen molar-refractivity contribution in [3.05, 3.63) is 17.2 Å². The summed E-state index contributed by atoms with van der Waals surface area (Å²) >= 11 is 0. The molecule has 0 amide bonds. The molecule has 0 saturated carbocycles. The lowest BCUT2D eigenvalue weighted by Gasteiger charge is -2.15. The Kier molecular flexibility index (Phi) is 2.37. The molecule has 0 aliphatic heterocycles. The molecule has 1 heterocycles. The number of imidazole rings is 1. The van der Waals surface area contributed by atoms with E-state index in [0.29, 0.717) is 11.4 Å². The van der Waals surface area contributed by atoms with Crippen LogP contribution in [0, 0.1) is 6.92 Å². The predicted octanol–water partition coefficient (Wildman–Crippen LogP) is 3.03. The van der Waals surface area contributed by atoms with Crippen LogP contribution in [-0.4, -0.2) is 9.97 Å². The number of H-pyrrole nitrogens is 1. The molecule has 0 radical (unpaired) electrons. The standard InChI is InChI=1S/C9H13F3N2/c1-5-6(8(2,3)4)14-7(13-5)9(10,11)12/h1-4H3,(H,13,14). The van der Waals surface area contributed by atoms with Gasteiger partial charge in [-0.2, -0.15) is 13.2 Å². The van der Waals surface area contributed by atoms with Crippen molar-refractivity contribution in [2.45, 2.75) is 39.3 Å². The van der Waals surface area contributed by atoms with Crippen molar-refractivity contribution in [1.29, 1.82) is 0 Å². The van der Waals surface area contributed by atoms with Crippen LogP contribution in [-0.2, 0) is 11.6 Å². The molecule has 1 N–H and O–H groups in total. The molecular weight excluding hydrogens is 193 g/mol. The van der Waals surface area contributed by atoms with Crippen LogP contribution < -0.4 is 0 Å². The summed E-state index contributed by atoms with van der Waals surface area (Å²) in [5.41, 5.74) is 0.569. The van der Waals surface area contributed by atoms with Crippen molar-refractivity contribution < 1.29 is 13.2 Å². The maximum absolute atomic E-state index is 12.3. The highest BCUT2D eigenvalue weighted by molar-refractivity contribution is 5.21. The van der Waals surface area contributed by atoms with Crippen LogP contribution in [0.25, 0.3) is 0 Å². The van der Waals surface area contributed by atoms with Crippen molar-refractivity contribution in [2.24, 2.45) is 0 Å². The summed E-state index contributed by atoms with van der Waals surface area (Å²) in [5.74, 6) is -0.917. The largest absolute Gasteiger partial charge is 0.449 e. The highest BCUT2D eigenvalue weighted by Crippen LogP contribution is 2.31. The first-order valence-electron chi connectivity index (χ1n) is 4.26. The van der Waals surface area contributed by atoms with E-state index in [4.69, 9.17) is 0 Å². The summed E-state index contributed by atoms with van der Waals surface area (Å²) in [4.78, 5) is 5.83. The minimum atomic E-state index is -4.39. The second-order valence-corrected chi connectivity index (χ2v) is 4.31. The molecule has 0 aromatic carbocycles. The molecule has 0 spiro atoms. The van der Waals surface area contributed by atoms with Crippen molar-refractivity contribution in [1.82, 2.24) is 9.97 Å². The summed E-state index contributed by atoms with van der Waals surface area (Å²) in [5, 5.41) is 0. The topological polar surface area (TPSA) is 28.7 Å². The Morgan fingerprint density at radius 1 is 1.14 bits per heavy atom. The average molecular weight is 206 g/mol. The van der Waals surface area contributed by atoms with E-state index in [2.05, 4.69) is 9.97 Å². The van der Waals surface area contributed by atoms with Gasteiger partial charge in [-0.3, -0.25) is 0 Å². The van der Waals surface area contributed by atoms with Crippen molar-refractivity contribution in [3.8, 4) is 0 Å². The lowest BCUT2D eigenvalue weighted by atomic mass is 9.91. The molecule has 0 atom stereocenters. The normalized spacial score (nSPS) is 13.4. The molecule has 0 bridgehead atoms. The molecular formula is C9H13F3N2. The minimum absolute atomic E-state index is 0.371. The number of nitrogens with one attached hydrogen (secondary N) is 1. The fourth-order valence-electron chi connectivity index (χ4n) is 1.32. The van der Waals surface area contributed by atoms with Crippen LogP contribution >= 0.6 is 0 Å². The number of alkyl halides is 3. The highest BCUT2D eigenvalue weighted by atomic mass is 19.4. The number of hydrogen-bond acceptors (Lipinski definition) is 1. The molecule has 0 saturated heterocycles. The molecule has 80 valence electrons. The number of halogens is 3. The second kappa shape index (κ2) is 3.00. The van der Waals surface area contributed by atoms with E-state index < -0.39 is 12.0 Å². The Bertz CT molecular complexity index is 331. The summed E-state index contributed by atoms with van der Waals surface area (Å²) < 4.78 is 36.8. The molecule has 0 aliphatic rings. The molecule has 1 aromatic heterocycles. The third-order valence-electron chi connectivity index (χ3n) is 1.86. The third-order valence-corrected chi connectivity index (χ3v) is 1.86. The first kappa shape index (κ1) is 11.1. The number of aryl methyl sites for hydroxylation is 1. The zero-order chi connectivity index (χ0) is 11.1. The monoisotopic (exact) mass is 206 g/mol. The molecule has 1 rings (SSSR count). The van der Waals surface area contributed by atoms with Gasteiger partial charge in [-0.25, -0.2) is 4.98 Å². The molecule has 0 aliphatic carbocycles. The Balaban J connectivity index is 3.19. The van der Waals surface area contributed by atoms with Crippen molar-refractivity contribution in [3.63, 3.8) is 0 Å². The fourth-order valence-corrected chi connectivity index (χ4v) is 1.32. The molecule has 0 fully saturated rings. The van der Waals surface area contributed by atoms with E-state index >= 15 is 0 Å². The fraction of sp³-hybridized carbons (Fsp3) is 0.667. The molecule has 2 nitrogen and oxygen atoms in total. The summed E-state index contributed by atoms with van der Waals surface area (Å²) in [6, 6.07) is 0. The maximum atomic E-state index is 12.3. The van der Waals surface area contributed by atoms with Gasteiger partial charge in [0.25, 0.3) is 0 Å². The Morgan fingerprint density at radius 2 is 1.64 bits per heavy atom. The van der Waals surface area contributed by atoms with Crippen LogP contribution in [0.15, 0.2) is 0 Å². The van der Waals surface area contributed by atoms with Gasteiger partial charge in [0.2, 0.25) is 5.82 Å². The van der Waals surface area contributed by atoms with Crippen molar-refractivity contribution in [2.75, 3.05) is 0 Å². The number of aromatic nitrogens is 2. The number of hydrogen-bond donors (Lipinski definition) is 1. The van der Waals surface area contributed by atoms with E-state index in [1.54, 1.807) is 6.92 Å². The van der Waals surface area contributed by atoms with Crippen molar-refractivity contribution >= 4 is 0 Å². The van der Waals surface area contributed by atoms with Gasteiger partial charge in [0.05, 0.1) is 5.69 Å². The zero-order valence-corrected chi connectivity index (χ0v) is 8.58. The van der Waals surface area contributed by atoms with Gasteiger partial charge in [0, 0.05) is 11.1 Å². The molecule has 5 heteroatoms. The van der Waals surface area contributed by atoms with E-state index in [0.717, 1.165) is 0 Å². The summed E-state index contributed by atoms with van der Waals surface area (Å²) in [7, 11) is 0. The Morgan fingerprint density at radius 3 is 1.86 bits per heavy atom. The third kappa shape index (κ3) is 2.08. The summed E-state index contributed by atoms with van der Waals surface area (Å²) in [6.45, 7) is 7.09. The predicted molar refractivity (Wildman–Crippen MR) is 47.0 cm³/mol. The van der Waals surface area contributed by atoms with Gasteiger partial charge in [-0.1, -0.05) is 20.8 Å². The van der Waals surface area contributed by atoms with Gasteiger partial charge in [0.15, 0.2) is 0 Å². The smallest absolute Gasteiger partial charge is 0.338 e. The second-order valence-electron chi connectivity index (χ2n) is 4.31. The highest BCUT2D eigenvalue weighted by Gasteiger charge is 2.36. The molecule has 0 unspecified atom stereocenters. The van der Waals surface area contributed by atoms with E-state index in [1.807, 2.05) is 20.8 Å². The van der Waals surface area contributed by atoms with Crippen LogP contribution in [0.4, 0.5) is 13.2 Å². The lowest BCUT2D eigenvalue weighted by Crippen LogP contribution is -2.14. The van der Waals surface area contributed by atoms with Gasteiger partial charge in [-0.05, 0) is 6.92 Å². The number of nitrogens with zero attached hydrogens (tertiary/aromatic N) is 1.